The van der Waals surface area contributed by atoms with Gasteiger partial charge in [-0.2, -0.15) is 4.98 Å². The van der Waals surface area contributed by atoms with Crippen molar-refractivity contribution in [1.82, 2.24) is 15.0 Å². The van der Waals surface area contributed by atoms with Gasteiger partial charge in [-0.3, -0.25) is 9.69 Å². The molecular formula is C21H19BrCl2N4O2. The van der Waals surface area contributed by atoms with E-state index in [0.29, 0.717) is 34.0 Å². The van der Waals surface area contributed by atoms with Crippen molar-refractivity contribution in [1.29, 1.82) is 0 Å². The van der Waals surface area contributed by atoms with Crippen LogP contribution in [0.1, 0.15) is 18.7 Å². The molecule has 9 heteroatoms. The highest BCUT2D eigenvalue weighted by Crippen LogP contribution is 2.28. The number of rotatable bonds is 5. The molecule has 6 nitrogen and oxygen atoms in total. The van der Waals surface area contributed by atoms with Crippen LogP contribution in [0.5, 0.6) is 0 Å². The van der Waals surface area contributed by atoms with Gasteiger partial charge in [-0.05, 0) is 68.4 Å². The second-order valence-corrected chi connectivity index (χ2v) is 8.94. The lowest BCUT2D eigenvalue weighted by Gasteiger charge is -2.30. The van der Waals surface area contributed by atoms with Crippen LogP contribution in [0.25, 0.3) is 11.4 Å². The first kappa shape index (κ1) is 21.3. The molecule has 1 N–H and O–H groups in total. The van der Waals surface area contributed by atoms with Gasteiger partial charge >= 0.3 is 0 Å². The average molecular weight is 510 g/mol. The Balaban J connectivity index is 1.30. The zero-order valence-electron chi connectivity index (χ0n) is 15.9. The SMILES string of the molecule is O=C(Nc1cc(Cl)ccc1Cl)C1CCN(Cc2nc(-c3ccc(Br)cc3)no2)CC1. The standard InChI is InChI=1S/C21H19BrCl2N4O2/c22-15-3-1-13(2-4-15)20-26-19(30-27-20)12-28-9-7-14(8-10-28)21(29)25-18-11-16(23)5-6-17(18)24/h1-6,11,14H,7-10,12H2,(H,25,29). The zero-order chi connectivity index (χ0) is 21.1. The summed E-state index contributed by atoms with van der Waals surface area (Å²) in [7, 11) is 0. The Morgan fingerprint density at radius 1 is 1.17 bits per heavy atom. The Morgan fingerprint density at radius 3 is 2.63 bits per heavy atom. The van der Waals surface area contributed by atoms with E-state index < -0.39 is 0 Å². The number of piperidine rings is 1. The maximum Gasteiger partial charge on any atom is 0.241 e. The first-order chi connectivity index (χ1) is 14.5. The number of anilines is 1. The summed E-state index contributed by atoms with van der Waals surface area (Å²) in [5, 5.41) is 7.97. The molecule has 30 heavy (non-hydrogen) atoms. The summed E-state index contributed by atoms with van der Waals surface area (Å²) in [6.45, 7) is 2.12. The van der Waals surface area contributed by atoms with Crippen LogP contribution in [-0.2, 0) is 11.3 Å². The van der Waals surface area contributed by atoms with Crippen LogP contribution in [0.4, 0.5) is 5.69 Å². The number of aromatic nitrogens is 2. The molecule has 0 radical (unpaired) electrons. The maximum absolute atomic E-state index is 12.6. The Morgan fingerprint density at radius 2 is 1.90 bits per heavy atom. The van der Waals surface area contributed by atoms with E-state index in [9.17, 15) is 4.79 Å². The largest absolute Gasteiger partial charge is 0.338 e. The molecule has 0 saturated carbocycles. The van der Waals surface area contributed by atoms with Crippen molar-refractivity contribution >= 4 is 50.7 Å². The summed E-state index contributed by atoms with van der Waals surface area (Å²) < 4.78 is 6.41. The van der Waals surface area contributed by atoms with Gasteiger partial charge in [-0.25, -0.2) is 0 Å². The van der Waals surface area contributed by atoms with Gasteiger partial charge in [-0.15, -0.1) is 0 Å². The Bertz CT molecular complexity index is 1030. The summed E-state index contributed by atoms with van der Waals surface area (Å²) >= 11 is 15.5. The monoisotopic (exact) mass is 508 g/mol. The van der Waals surface area contributed by atoms with Crippen molar-refractivity contribution in [3.63, 3.8) is 0 Å². The van der Waals surface area contributed by atoms with Crippen molar-refractivity contribution in [2.24, 2.45) is 5.92 Å². The normalized spacial score (nSPS) is 15.3. The highest BCUT2D eigenvalue weighted by atomic mass is 79.9. The minimum absolute atomic E-state index is 0.0332. The molecule has 0 spiro atoms. The summed E-state index contributed by atoms with van der Waals surface area (Å²) in [6, 6.07) is 12.8. The predicted octanol–water partition coefficient (Wildman–Crippen LogP) is 5.66. The van der Waals surface area contributed by atoms with Gasteiger partial charge < -0.3 is 9.84 Å². The molecule has 1 amide bonds. The van der Waals surface area contributed by atoms with E-state index >= 15 is 0 Å². The number of nitrogens with zero attached hydrogens (tertiary/aromatic N) is 3. The van der Waals surface area contributed by atoms with Crippen LogP contribution in [-0.4, -0.2) is 34.0 Å². The molecule has 3 aromatic rings. The first-order valence-electron chi connectivity index (χ1n) is 9.55. The molecule has 1 saturated heterocycles. The Kier molecular flexibility index (Phi) is 6.73. The molecule has 0 bridgehead atoms. The molecule has 1 fully saturated rings. The lowest BCUT2D eigenvalue weighted by Crippen LogP contribution is -2.37. The Labute approximate surface area is 192 Å². The third-order valence-corrected chi connectivity index (χ3v) is 6.17. The fourth-order valence-electron chi connectivity index (χ4n) is 3.41. The number of halogens is 3. The number of hydrogen-bond donors (Lipinski definition) is 1. The smallest absolute Gasteiger partial charge is 0.241 e. The van der Waals surface area contributed by atoms with E-state index in [1.54, 1.807) is 18.2 Å². The lowest BCUT2D eigenvalue weighted by atomic mass is 9.96. The van der Waals surface area contributed by atoms with Crippen LogP contribution >= 0.6 is 39.1 Å². The van der Waals surface area contributed by atoms with E-state index in [4.69, 9.17) is 27.7 Å². The molecule has 0 atom stereocenters. The van der Waals surface area contributed by atoms with Crippen molar-refractivity contribution in [3.05, 3.63) is 62.9 Å². The van der Waals surface area contributed by atoms with Crippen molar-refractivity contribution < 1.29 is 9.32 Å². The minimum atomic E-state index is -0.0719. The van der Waals surface area contributed by atoms with Crippen LogP contribution in [0.2, 0.25) is 10.0 Å². The third kappa shape index (κ3) is 5.21. The fraction of sp³-hybridized carbons (Fsp3) is 0.286. The van der Waals surface area contributed by atoms with Crippen molar-refractivity contribution in [2.45, 2.75) is 19.4 Å². The van der Waals surface area contributed by atoms with E-state index in [1.165, 1.54) is 0 Å². The van der Waals surface area contributed by atoms with Gasteiger partial charge in [0.1, 0.15) is 0 Å². The molecule has 0 unspecified atom stereocenters. The number of carbonyl (C=O) groups excluding carboxylic acids is 1. The number of carbonyl (C=O) groups is 1. The van der Waals surface area contributed by atoms with Crippen LogP contribution < -0.4 is 5.32 Å². The molecular weight excluding hydrogens is 491 g/mol. The topological polar surface area (TPSA) is 71.3 Å². The summed E-state index contributed by atoms with van der Waals surface area (Å²) in [6.07, 6.45) is 1.50. The zero-order valence-corrected chi connectivity index (χ0v) is 19.0. The molecule has 1 aliphatic rings. The second-order valence-electron chi connectivity index (χ2n) is 7.18. The number of hydrogen-bond acceptors (Lipinski definition) is 5. The highest BCUT2D eigenvalue weighted by molar-refractivity contribution is 9.10. The summed E-state index contributed by atoms with van der Waals surface area (Å²) in [5.41, 5.74) is 1.45. The average Bonchev–Trinajstić information content (AvgIpc) is 3.20. The molecule has 2 aromatic carbocycles. The number of nitrogens with one attached hydrogen (secondary N) is 1. The van der Waals surface area contributed by atoms with E-state index in [2.05, 4.69) is 36.3 Å². The molecule has 1 aromatic heterocycles. The summed E-state index contributed by atoms with van der Waals surface area (Å²) in [4.78, 5) is 19.3. The first-order valence-corrected chi connectivity index (χ1v) is 11.1. The highest BCUT2D eigenvalue weighted by Gasteiger charge is 2.26. The number of likely N-dealkylation sites (tertiary alicyclic amines) is 1. The van der Waals surface area contributed by atoms with E-state index in [-0.39, 0.29) is 11.8 Å². The minimum Gasteiger partial charge on any atom is -0.338 e. The van der Waals surface area contributed by atoms with Gasteiger partial charge in [0.2, 0.25) is 17.6 Å². The quantitative estimate of drug-likeness (QED) is 0.480. The lowest BCUT2D eigenvalue weighted by molar-refractivity contribution is -0.121. The van der Waals surface area contributed by atoms with Gasteiger partial charge in [0.15, 0.2) is 0 Å². The summed E-state index contributed by atoms with van der Waals surface area (Å²) in [5.74, 6) is 1.04. The van der Waals surface area contributed by atoms with Gasteiger partial charge in [0.05, 0.1) is 17.3 Å². The fourth-order valence-corrected chi connectivity index (χ4v) is 4.01. The molecule has 2 heterocycles. The molecule has 1 aliphatic heterocycles. The van der Waals surface area contributed by atoms with Crippen LogP contribution in [0, 0.1) is 5.92 Å². The third-order valence-electron chi connectivity index (χ3n) is 5.07. The predicted molar refractivity (Wildman–Crippen MR) is 121 cm³/mol. The molecule has 0 aliphatic carbocycles. The van der Waals surface area contributed by atoms with Crippen molar-refractivity contribution in [2.75, 3.05) is 18.4 Å². The van der Waals surface area contributed by atoms with Crippen LogP contribution in [0.3, 0.4) is 0 Å². The maximum atomic E-state index is 12.6. The number of benzene rings is 2. The Hall–Kier alpha value is -1.93. The number of amides is 1. The van der Waals surface area contributed by atoms with E-state index in [0.717, 1.165) is 36.0 Å². The van der Waals surface area contributed by atoms with Crippen molar-refractivity contribution in [3.8, 4) is 11.4 Å². The van der Waals surface area contributed by atoms with E-state index in [1.807, 2.05) is 24.3 Å². The van der Waals surface area contributed by atoms with Crippen LogP contribution in [0.15, 0.2) is 51.5 Å². The van der Waals surface area contributed by atoms with Gasteiger partial charge in [0, 0.05) is 21.0 Å². The van der Waals surface area contributed by atoms with Gasteiger partial charge in [0.25, 0.3) is 0 Å². The van der Waals surface area contributed by atoms with Gasteiger partial charge in [-0.1, -0.05) is 44.3 Å². The molecule has 4 rings (SSSR count). The second kappa shape index (κ2) is 9.47. The molecule has 156 valence electrons.